The molecule has 1 fully saturated rings. The summed E-state index contributed by atoms with van der Waals surface area (Å²) in [5, 5.41) is 14.7. The van der Waals surface area contributed by atoms with Crippen LogP contribution in [0.1, 0.15) is 51.0 Å². The quantitative estimate of drug-likeness (QED) is 0.701. The monoisotopic (exact) mass is 332 g/mol. The molecule has 1 aliphatic rings. The van der Waals surface area contributed by atoms with Crippen molar-refractivity contribution in [2.24, 2.45) is 5.92 Å². The number of nitrogens with one attached hydrogen (secondary N) is 2. The molecule has 0 radical (unpaired) electrons. The summed E-state index contributed by atoms with van der Waals surface area (Å²) in [5.41, 5.74) is 1.74. The minimum Gasteiger partial charge on any atom is -0.396 e. The van der Waals surface area contributed by atoms with E-state index < -0.39 is 11.8 Å². The SMILES string of the molecule is CCc1cccc(NC(=O)C(=O)NC(CCO)C2CCCCC2)c1. The standard InChI is InChI=1S/C19H28N2O3/c1-2-14-7-6-10-16(13-14)20-18(23)19(24)21-17(11-12-22)15-8-4-3-5-9-15/h6-7,10,13,15,17,22H,2-5,8-9,11-12H2,1H3,(H,20,23)(H,21,24). The van der Waals surface area contributed by atoms with E-state index in [0.717, 1.165) is 37.7 Å². The zero-order valence-electron chi connectivity index (χ0n) is 14.4. The predicted octanol–water partition coefficient (Wildman–Crippen LogP) is 2.64. The van der Waals surface area contributed by atoms with Gasteiger partial charge < -0.3 is 15.7 Å². The van der Waals surface area contributed by atoms with E-state index >= 15 is 0 Å². The fourth-order valence-corrected chi connectivity index (χ4v) is 3.39. The number of aliphatic hydroxyl groups is 1. The van der Waals surface area contributed by atoms with Crippen LogP contribution >= 0.6 is 0 Å². The number of amides is 2. The highest BCUT2D eigenvalue weighted by molar-refractivity contribution is 6.39. The molecule has 1 atom stereocenters. The molecular weight excluding hydrogens is 304 g/mol. The first-order valence-corrected chi connectivity index (χ1v) is 8.95. The fraction of sp³-hybridized carbons (Fsp3) is 0.579. The highest BCUT2D eigenvalue weighted by Crippen LogP contribution is 2.27. The Bertz CT molecular complexity index is 553. The summed E-state index contributed by atoms with van der Waals surface area (Å²) in [6.45, 7) is 2.05. The lowest BCUT2D eigenvalue weighted by molar-refractivity contribution is -0.137. The molecule has 1 unspecified atom stereocenters. The molecular formula is C19H28N2O3. The van der Waals surface area contributed by atoms with Crippen LogP contribution in [-0.4, -0.2) is 29.6 Å². The molecule has 2 rings (SSSR count). The Morgan fingerprint density at radius 3 is 2.62 bits per heavy atom. The van der Waals surface area contributed by atoms with E-state index in [1.54, 1.807) is 6.07 Å². The molecule has 0 spiro atoms. The summed E-state index contributed by atoms with van der Waals surface area (Å²) in [6.07, 6.45) is 6.99. The van der Waals surface area contributed by atoms with Crippen molar-refractivity contribution < 1.29 is 14.7 Å². The number of benzene rings is 1. The van der Waals surface area contributed by atoms with Crippen LogP contribution in [0.4, 0.5) is 5.69 Å². The van der Waals surface area contributed by atoms with Crippen molar-refractivity contribution in [2.75, 3.05) is 11.9 Å². The zero-order chi connectivity index (χ0) is 17.4. The van der Waals surface area contributed by atoms with E-state index in [1.807, 2.05) is 25.1 Å². The molecule has 1 aromatic rings. The van der Waals surface area contributed by atoms with E-state index in [1.165, 1.54) is 6.42 Å². The van der Waals surface area contributed by atoms with E-state index in [4.69, 9.17) is 0 Å². The molecule has 0 aromatic heterocycles. The number of rotatable bonds is 6. The molecule has 5 nitrogen and oxygen atoms in total. The molecule has 1 aliphatic carbocycles. The van der Waals surface area contributed by atoms with Gasteiger partial charge in [-0.25, -0.2) is 0 Å². The van der Waals surface area contributed by atoms with Crippen molar-refractivity contribution in [3.63, 3.8) is 0 Å². The van der Waals surface area contributed by atoms with Crippen LogP contribution in [0.25, 0.3) is 0 Å². The van der Waals surface area contributed by atoms with Crippen LogP contribution in [0.3, 0.4) is 0 Å². The first kappa shape index (κ1) is 18.5. The predicted molar refractivity (Wildman–Crippen MR) is 94.7 cm³/mol. The van der Waals surface area contributed by atoms with Gasteiger partial charge in [0.15, 0.2) is 0 Å². The number of aryl methyl sites for hydroxylation is 1. The second-order valence-electron chi connectivity index (χ2n) is 6.50. The maximum Gasteiger partial charge on any atom is 0.313 e. The number of hydrogen-bond acceptors (Lipinski definition) is 3. The molecule has 1 saturated carbocycles. The largest absolute Gasteiger partial charge is 0.396 e. The minimum absolute atomic E-state index is 0.0155. The Morgan fingerprint density at radius 2 is 1.96 bits per heavy atom. The van der Waals surface area contributed by atoms with Gasteiger partial charge in [-0.3, -0.25) is 9.59 Å². The van der Waals surface area contributed by atoms with Gasteiger partial charge >= 0.3 is 11.8 Å². The molecule has 1 aromatic carbocycles. The van der Waals surface area contributed by atoms with Crippen molar-refractivity contribution in [3.05, 3.63) is 29.8 Å². The maximum atomic E-state index is 12.2. The Balaban J connectivity index is 1.93. The van der Waals surface area contributed by atoms with Crippen molar-refractivity contribution in [3.8, 4) is 0 Å². The third kappa shape index (κ3) is 5.34. The molecule has 2 amide bonds. The lowest BCUT2D eigenvalue weighted by Crippen LogP contribution is -2.46. The van der Waals surface area contributed by atoms with Gasteiger partial charge in [-0.15, -0.1) is 0 Å². The molecule has 0 saturated heterocycles. The van der Waals surface area contributed by atoms with Crippen LogP contribution in [0.2, 0.25) is 0 Å². The first-order chi connectivity index (χ1) is 11.6. The lowest BCUT2D eigenvalue weighted by Gasteiger charge is -2.30. The number of carbonyl (C=O) groups is 2. The van der Waals surface area contributed by atoms with Gasteiger partial charge in [-0.1, -0.05) is 38.3 Å². The molecule has 0 aliphatic heterocycles. The van der Waals surface area contributed by atoms with Crippen LogP contribution in [0.5, 0.6) is 0 Å². The number of aliphatic hydroxyl groups excluding tert-OH is 1. The second-order valence-corrected chi connectivity index (χ2v) is 6.50. The van der Waals surface area contributed by atoms with Gasteiger partial charge in [-0.05, 0) is 49.3 Å². The Labute approximate surface area is 143 Å². The average molecular weight is 332 g/mol. The van der Waals surface area contributed by atoms with E-state index in [-0.39, 0.29) is 12.6 Å². The van der Waals surface area contributed by atoms with Gasteiger partial charge in [0.05, 0.1) is 0 Å². The maximum absolute atomic E-state index is 12.2. The van der Waals surface area contributed by atoms with Crippen molar-refractivity contribution in [2.45, 2.75) is 57.9 Å². The summed E-state index contributed by atoms with van der Waals surface area (Å²) in [7, 11) is 0. The summed E-state index contributed by atoms with van der Waals surface area (Å²) in [6, 6.07) is 7.36. The summed E-state index contributed by atoms with van der Waals surface area (Å²) in [5.74, 6) is -0.922. The van der Waals surface area contributed by atoms with Crippen LogP contribution in [-0.2, 0) is 16.0 Å². The van der Waals surface area contributed by atoms with Crippen molar-refractivity contribution >= 4 is 17.5 Å². The summed E-state index contributed by atoms with van der Waals surface area (Å²) < 4.78 is 0. The first-order valence-electron chi connectivity index (χ1n) is 8.95. The van der Waals surface area contributed by atoms with Gasteiger partial charge in [0.2, 0.25) is 0 Å². The van der Waals surface area contributed by atoms with Gasteiger partial charge in [0.1, 0.15) is 0 Å². The molecule has 3 N–H and O–H groups in total. The van der Waals surface area contributed by atoms with E-state index in [0.29, 0.717) is 18.0 Å². The zero-order valence-corrected chi connectivity index (χ0v) is 14.4. The Hall–Kier alpha value is -1.88. The van der Waals surface area contributed by atoms with Crippen LogP contribution in [0.15, 0.2) is 24.3 Å². The highest BCUT2D eigenvalue weighted by Gasteiger charge is 2.26. The van der Waals surface area contributed by atoms with Crippen LogP contribution in [0, 0.1) is 5.92 Å². The molecule has 0 bridgehead atoms. The third-order valence-electron chi connectivity index (χ3n) is 4.77. The van der Waals surface area contributed by atoms with Crippen molar-refractivity contribution in [1.29, 1.82) is 0 Å². The number of hydrogen-bond donors (Lipinski definition) is 3. The van der Waals surface area contributed by atoms with Gasteiger partial charge in [0, 0.05) is 18.3 Å². The lowest BCUT2D eigenvalue weighted by atomic mass is 9.82. The normalized spacial score (nSPS) is 16.4. The fourth-order valence-electron chi connectivity index (χ4n) is 3.39. The van der Waals surface area contributed by atoms with Crippen LogP contribution < -0.4 is 10.6 Å². The van der Waals surface area contributed by atoms with Gasteiger partial charge in [0.25, 0.3) is 0 Å². The van der Waals surface area contributed by atoms with Crippen molar-refractivity contribution in [1.82, 2.24) is 5.32 Å². The summed E-state index contributed by atoms with van der Waals surface area (Å²) >= 11 is 0. The van der Waals surface area contributed by atoms with E-state index in [9.17, 15) is 14.7 Å². The molecule has 132 valence electrons. The molecule has 24 heavy (non-hydrogen) atoms. The average Bonchev–Trinajstić information content (AvgIpc) is 2.62. The summed E-state index contributed by atoms with van der Waals surface area (Å²) in [4.78, 5) is 24.4. The minimum atomic E-state index is -0.651. The topological polar surface area (TPSA) is 78.4 Å². The Morgan fingerprint density at radius 1 is 1.21 bits per heavy atom. The smallest absolute Gasteiger partial charge is 0.313 e. The third-order valence-corrected chi connectivity index (χ3v) is 4.77. The number of carbonyl (C=O) groups excluding carboxylic acids is 2. The number of anilines is 1. The van der Waals surface area contributed by atoms with Gasteiger partial charge in [-0.2, -0.15) is 0 Å². The molecule has 5 heteroatoms. The second kappa shape index (κ2) is 9.42. The van der Waals surface area contributed by atoms with E-state index in [2.05, 4.69) is 10.6 Å². The Kier molecular flexibility index (Phi) is 7.25. The highest BCUT2D eigenvalue weighted by atomic mass is 16.3. The molecule has 0 heterocycles.